The van der Waals surface area contributed by atoms with Crippen molar-refractivity contribution in [3.05, 3.63) is 12.2 Å². The second kappa shape index (κ2) is 6.61. The van der Waals surface area contributed by atoms with Gasteiger partial charge in [0.05, 0.1) is 19.8 Å². The van der Waals surface area contributed by atoms with Crippen LogP contribution in [0.15, 0.2) is 12.2 Å². The van der Waals surface area contributed by atoms with Gasteiger partial charge in [-0.15, -0.1) is 0 Å². The molecule has 1 aliphatic rings. The smallest absolute Gasteiger partial charge is 0.253 e. The summed E-state index contributed by atoms with van der Waals surface area (Å²) in [7, 11) is 0. The standard InChI is InChI=1S/C14H21NO4/c1-4-14(2,3)11(16)7-9-19-10-8-15-12(17)5-6-13(15)18/h5-6H,4,7-10H2,1-3H3. The molecule has 0 N–H and O–H groups in total. The van der Waals surface area contributed by atoms with Crippen molar-refractivity contribution in [1.82, 2.24) is 4.90 Å². The molecule has 0 radical (unpaired) electrons. The summed E-state index contributed by atoms with van der Waals surface area (Å²) in [6, 6.07) is 0. The first-order valence-electron chi connectivity index (χ1n) is 6.53. The number of nitrogens with zero attached hydrogens (tertiary/aromatic N) is 1. The zero-order chi connectivity index (χ0) is 14.5. The normalized spacial score (nSPS) is 15.4. The highest BCUT2D eigenvalue weighted by molar-refractivity contribution is 6.12. The Hall–Kier alpha value is -1.49. The summed E-state index contributed by atoms with van der Waals surface area (Å²) < 4.78 is 5.31. The molecule has 1 aliphatic heterocycles. The summed E-state index contributed by atoms with van der Waals surface area (Å²) in [5, 5.41) is 0. The van der Waals surface area contributed by atoms with Crippen LogP contribution < -0.4 is 0 Å². The van der Waals surface area contributed by atoms with Crippen LogP contribution in [0.5, 0.6) is 0 Å². The highest BCUT2D eigenvalue weighted by Gasteiger charge is 2.25. The maximum Gasteiger partial charge on any atom is 0.253 e. The minimum Gasteiger partial charge on any atom is -0.379 e. The molecule has 2 amide bonds. The van der Waals surface area contributed by atoms with Crippen molar-refractivity contribution in [2.24, 2.45) is 5.41 Å². The predicted octanol–water partition coefficient (Wildman–Crippen LogP) is 1.32. The Labute approximate surface area is 113 Å². The van der Waals surface area contributed by atoms with Gasteiger partial charge in [0.25, 0.3) is 11.8 Å². The number of carbonyl (C=O) groups is 3. The quantitative estimate of drug-likeness (QED) is 0.491. The molecule has 0 aliphatic carbocycles. The van der Waals surface area contributed by atoms with Gasteiger partial charge in [0.15, 0.2) is 0 Å². The SMILES string of the molecule is CCC(C)(C)C(=O)CCOCCN1C(=O)C=CC1=O. The van der Waals surface area contributed by atoms with E-state index in [0.717, 1.165) is 11.3 Å². The molecule has 0 spiro atoms. The summed E-state index contributed by atoms with van der Waals surface area (Å²) in [5.41, 5.74) is -0.311. The predicted molar refractivity (Wildman–Crippen MR) is 70.4 cm³/mol. The Balaban J connectivity index is 2.17. The third kappa shape index (κ3) is 4.28. The Morgan fingerprint density at radius 1 is 1.21 bits per heavy atom. The van der Waals surface area contributed by atoms with E-state index in [-0.39, 0.29) is 36.2 Å². The third-order valence-corrected chi connectivity index (χ3v) is 3.47. The minimum absolute atomic E-state index is 0.171. The van der Waals surface area contributed by atoms with Gasteiger partial charge in [0.2, 0.25) is 0 Å². The summed E-state index contributed by atoms with van der Waals surface area (Å²) in [4.78, 5) is 35.4. The van der Waals surface area contributed by atoms with Crippen LogP contribution in [0.4, 0.5) is 0 Å². The number of amides is 2. The molecule has 5 nitrogen and oxygen atoms in total. The lowest BCUT2D eigenvalue weighted by molar-refractivity contribution is -0.138. The van der Waals surface area contributed by atoms with Crippen LogP contribution in [0.25, 0.3) is 0 Å². The van der Waals surface area contributed by atoms with E-state index in [1.165, 1.54) is 12.2 Å². The van der Waals surface area contributed by atoms with Crippen LogP contribution in [0, 0.1) is 5.41 Å². The van der Waals surface area contributed by atoms with Gasteiger partial charge in [0.1, 0.15) is 5.78 Å². The Bertz CT molecular complexity index is 380. The van der Waals surface area contributed by atoms with Gasteiger partial charge in [-0.25, -0.2) is 0 Å². The van der Waals surface area contributed by atoms with E-state index >= 15 is 0 Å². The Morgan fingerprint density at radius 2 is 1.79 bits per heavy atom. The van der Waals surface area contributed by atoms with Gasteiger partial charge in [-0.2, -0.15) is 0 Å². The van der Waals surface area contributed by atoms with Crippen LogP contribution in [-0.4, -0.2) is 42.3 Å². The van der Waals surface area contributed by atoms with Crippen LogP contribution in [0.3, 0.4) is 0 Å². The van der Waals surface area contributed by atoms with Crippen LogP contribution in [0.2, 0.25) is 0 Å². The number of ether oxygens (including phenoxy) is 1. The number of Topliss-reactive ketones (excluding diaryl/α,β-unsaturated/α-hetero) is 1. The summed E-state index contributed by atoms with van der Waals surface area (Å²) in [6.45, 7) is 6.64. The van der Waals surface area contributed by atoms with E-state index in [2.05, 4.69) is 0 Å². The average Bonchev–Trinajstić information content (AvgIpc) is 2.69. The van der Waals surface area contributed by atoms with E-state index in [1.54, 1.807) is 0 Å². The van der Waals surface area contributed by atoms with E-state index in [1.807, 2.05) is 20.8 Å². The fourth-order valence-electron chi connectivity index (χ4n) is 1.61. The van der Waals surface area contributed by atoms with Gasteiger partial charge in [-0.05, 0) is 6.42 Å². The first-order chi connectivity index (χ1) is 8.88. The van der Waals surface area contributed by atoms with Gasteiger partial charge in [-0.1, -0.05) is 20.8 Å². The lowest BCUT2D eigenvalue weighted by Crippen LogP contribution is -2.33. The van der Waals surface area contributed by atoms with Crippen molar-refractivity contribution in [2.45, 2.75) is 33.6 Å². The van der Waals surface area contributed by atoms with Crippen molar-refractivity contribution >= 4 is 17.6 Å². The highest BCUT2D eigenvalue weighted by Crippen LogP contribution is 2.22. The summed E-state index contributed by atoms with van der Waals surface area (Å²) in [5.74, 6) is -0.446. The van der Waals surface area contributed by atoms with E-state index in [0.29, 0.717) is 13.0 Å². The average molecular weight is 267 g/mol. The van der Waals surface area contributed by atoms with Crippen molar-refractivity contribution in [3.63, 3.8) is 0 Å². The second-order valence-corrected chi connectivity index (χ2v) is 5.18. The first kappa shape index (κ1) is 15.6. The zero-order valence-electron chi connectivity index (χ0n) is 11.8. The molecular weight excluding hydrogens is 246 g/mol. The Kier molecular flexibility index (Phi) is 5.42. The molecule has 0 fully saturated rings. The molecule has 1 rings (SSSR count). The van der Waals surface area contributed by atoms with Crippen molar-refractivity contribution in [1.29, 1.82) is 0 Å². The lowest BCUT2D eigenvalue weighted by atomic mass is 9.84. The maximum absolute atomic E-state index is 11.8. The summed E-state index contributed by atoms with van der Waals surface area (Å²) in [6.07, 6.45) is 3.65. The summed E-state index contributed by atoms with van der Waals surface area (Å²) >= 11 is 0. The fourth-order valence-corrected chi connectivity index (χ4v) is 1.61. The number of carbonyl (C=O) groups excluding carboxylic acids is 3. The van der Waals surface area contributed by atoms with E-state index < -0.39 is 0 Å². The molecule has 0 aromatic rings. The molecule has 0 saturated carbocycles. The lowest BCUT2D eigenvalue weighted by Gasteiger charge is -2.20. The van der Waals surface area contributed by atoms with Gasteiger partial charge < -0.3 is 4.74 Å². The molecule has 0 unspecified atom stereocenters. The number of hydrogen-bond acceptors (Lipinski definition) is 4. The molecular formula is C14H21NO4. The van der Waals surface area contributed by atoms with Crippen molar-refractivity contribution in [2.75, 3.05) is 19.8 Å². The highest BCUT2D eigenvalue weighted by atomic mass is 16.5. The third-order valence-electron chi connectivity index (χ3n) is 3.47. The second-order valence-electron chi connectivity index (χ2n) is 5.18. The van der Waals surface area contributed by atoms with Gasteiger partial charge in [0, 0.05) is 24.0 Å². The molecule has 106 valence electrons. The van der Waals surface area contributed by atoms with Crippen LogP contribution in [0.1, 0.15) is 33.6 Å². The number of ketones is 1. The number of hydrogen-bond donors (Lipinski definition) is 0. The van der Waals surface area contributed by atoms with E-state index in [9.17, 15) is 14.4 Å². The van der Waals surface area contributed by atoms with Gasteiger partial charge in [-0.3, -0.25) is 19.3 Å². The van der Waals surface area contributed by atoms with Crippen molar-refractivity contribution in [3.8, 4) is 0 Å². The molecule has 0 saturated heterocycles. The fraction of sp³-hybridized carbons (Fsp3) is 0.643. The van der Waals surface area contributed by atoms with E-state index in [4.69, 9.17) is 4.74 Å². The maximum atomic E-state index is 11.8. The number of rotatable bonds is 8. The van der Waals surface area contributed by atoms with Crippen molar-refractivity contribution < 1.29 is 19.1 Å². The largest absolute Gasteiger partial charge is 0.379 e. The molecule has 19 heavy (non-hydrogen) atoms. The molecule has 5 heteroatoms. The monoisotopic (exact) mass is 267 g/mol. The molecule has 1 heterocycles. The first-order valence-corrected chi connectivity index (χ1v) is 6.53. The van der Waals surface area contributed by atoms with Gasteiger partial charge >= 0.3 is 0 Å². The molecule has 0 atom stereocenters. The zero-order valence-corrected chi connectivity index (χ0v) is 11.8. The molecule has 0 aromatic heterocycles. The topological polar surface area (TPSA) is 63.7 Å². The van der Waals surface area contributed by atoms with Crippen LogP contribution in [-0.2, 0) is 19.1 Å². The minimum atomic E-state index is -0.311. The molecule has 0 aromatic carbocycles. The van der Waals surface area contributed by atoms with Crippen LogP contribution >= 0.6 is 0 Å². The number of imide groups is 1. The molecule has 0 bridgehead atoms. The Morgan fingerprint density at radius 3 is 2.32 bits per heavy atom.